The molecule has 2 saturated heterocycles. The molecule has 1 amide bonds. The Labute approximate surface area is 131 Å². The van der Waals surface area contributed by atoms with Crippen molar-refractivity contribution in [1.82, 2.24) is 10.2 Å². The van der Waals surface area contributed by atoms with Crippen LogP contribution in [0.3, 0.4) is 0 Å². The summed E-state index contributed by atoms with van der Waals surface area (Å²) in [5.74, 6) is 0.124. The van der Waals surface area contributed by atoms with Gasteiger partial charge in [-0.15, -0.1) is 0 Å². The van der Waals surface area contributed by atoms with Gasteiger partial charge in [0.05, 0.1) is 26.1 Å². The molecule has 0 saturated carbocycles. The lowest BCUT2D eigenvalue weighted by molar-refractivity contribution is -0.174. The van der Waals surface area contributed by atoms with Gasteiger partial charge in [0.1, 0.15) is 5.60 Å². The number of carbonyl (C=O) groups excluding carboxylic acids is 1. The molecular weight excluding hydrogens is 344 g/mol. The first-order valence-corrected chi connectivity index (χ1v) is 7.81. The fourth-order valence-electron chi connectivity index (χ4n) is 2.74. The van der Waals surface area contributed by atoms with E-state index in [1.165, 1.54) is 0 Å². The van der Waals surface area contributed by atoms with E-state index in [0.717, 1.165) is 29.7 Å². The second-order valence-corrected chi connectivity index (χ2v) is 6.76. The Bertz CT molecular complexity index is 504. The highest BCUT2D eigenvalue weighted by Crippen LogP contribution is 2.27. The lowest BCUT2D eigenvalue weighted by Crippen LogP contribution is -2.70. The van der Waals surface area contributed by atoms with E-state index < -0.39 is 0 Å². The summed E-state index contributed by atoms with van der Waals surface area (Å²) < 4.78 is 6.68. The van der Waals surface area contributed by atoms with Crippen LogP contribution in [0, 0.1) is 0 Å². The van der Waals surface area contributed by atoms with E-state index >= 15 is 0 Å². The van der Waals surface area contributed by atoms with Crippen molar-refractivity contribution in [1.29, 1.82) is 0 Å². The molecule has 2 fully saturated rings. The minimum atomic E-state index is -0.150. The molecule has 2 aliphatic rings. The number of morpholine rings is 1. The van der Waals surface area contributed by atoms with Gasteiger partial charge in [-0.3, -0.25) is 4.79 Å². The van der Waals surface area contributed by atoms with Crippen molar-refractivity contribution in [3.05, 3.63) is 33.3 Å². The number of hydrogen-bond donors (Lipinski definition) is 1. The monoisotopic (exact) mass is 358 g/mol. The predicted molar refractivity (Wildman–Crippen MR) is 81.0 cm³/mol. The fraction of sp³-hybridized carbons (Fsp3) is 0.500. The van der Waals surface area contributed by atoms with E-state index in [1.807, 2.05) is 23.1 Å². The van der Waals surface area contributed by atoms with E-state index in [0.29, 0.717) is 24.5 Å². The highest BCUT2D eigenvalue weighted by atomic mass is 79.9. The molecule has 2 heterocycles. The maximum Gasteiger partial charge on any atom is 0.227 e. The average molecular weight is 360 g/mol. The molecule has 20 heavy (non-hydrogen) atoms. The molecule has 1 aromatic rings. The summed E-state index contributed by atoms with van der Waals surface area (Å²) in [4.78, 5) is 14.1. The molecule has 4 nitrogen and oxygen atoms in total. The number of benzene rings is 1. The molecule has 0 bridgehead atoms. The number of halogens is 2. The zero-order chi connectivity index (χ0) is 14.2. The Hall–Kier alpha value is -0.620. The van der Waals surface area contributed by atoms with Crippen LogP contribution in [0.5, 0.6) is 0 Å². The third kappa shape index (κ3) is 3.01. The largest absolute Gasteiger partial charge is 0.369 e. The molecule has 0 atom stereocenters. The molecule has 0 unspecified atom stereocenters. The standard InChI is InChI=1S/C14H16BrClN2O2/c15-11-3-10(4-12(16)6-11)5-13(19)18-8-14(9-18)7-17-1-2-20-14/h3-4,6,17H,1-2,5,7-9H2. The van der Waals surface area contributed by atoms with Crippen LogP contribution in [0.1, 0.15) is 5.56 Å². The van der Waals surface area contributed by atoms with Crippen LogP contribution in [0.15, 0.2) is 22.7 Å². The van der Waals surface area contributed by atoms with E-state index in [1.54, 1.807) is 0 Å². The van der Waals surface area contributed by atoms with Gasteiger partial charge < -0.3 is 15.0 Å². The lowest BCUT2D eigenvalue weighted by atomic mass is 9.92. The highest BCUT2D eigenvalue weighted by Gasteiger charge is 2.46. The second kappa shape index (κ2) is 5.64. The number of carbonyl (C=O) groups is 1. The summed E-state index contributed by atoms with van der Waals surface area (Å²) in [7, 11) is 0. The van der Waals surface area contributed by atoms with Gasteiger partial charge in [-0.2, -0.15) is 0 Å². The first-order chi connectivity index (χ1) is 9.56. The molecular formula is C14H16BrClN2O2. The van der Waals surface area contributed by atoms with Crippen molar-refractivity contribution < 1.29 is 9.53 Å². The zero-order valence-electron chi connectivity index (χ0n) is 11.0. The molecule has 0 radical (unpaired) electrons. The maximum atomic E-state index is 12.2. The van der Waals surface area contributed by atoms with Crippen LogP contribution < -0.4 is 5.32 Å². The number of hydrogen-bond acceptors (Lipinski definition) is 3. The zero-order valence-corrected chi connectivity index (χ0v) is 13.3. The van der Waals surface area contributed by atoms with Gasteiger partial charge >= 0.3 is 0 Å². The van der Waals surface area contributed by atoms with Crippen molar-refractivity contribution in [2.45, 2.75) is 12.0 Å². The number of ether oxygens (including phenoxy) is 1. The Morgan fingerprint density at radius 1 is 1.45 bits per heavy atom. The summed E-state index contributed by atoms with van der Waals surface area (Å²) >= 11 is 9.39. The van der Waals surface area contributed by atoms with Crippen molar-refractivity contribution in [3.63, 3.8) is 0 Å². The van der Waals surface area contributed by atoms with E-state index in [4.69, 9.17) is 16.3 Å². The Morgan fingerprint density at radius 3 is 2.90 bits per heavy atom. The van der Waals surface area contributed by atoms with E-state index in [9.17, 15) is 4.79 Å². The highest BCUT2D eigenvalue weighted by molar-refractivity contribution is 9.10. The van der Waals surface area contributed by atoms with Crippen LogP contribution in [0.25, 0.3) is 0 Å². The molecule has 1 N–H and O–H groups in total. The number of nitrogens with zero attached hydrogens (tertiary/aromatic N) is 1. The quantitative estimate of drug-likeness (QED) is 0.876. The smallest absolute Gasteiger partial charge is 0.227 e. The number of nitrogens with one attached hydrogen (secondary N) is 1. The SMILES string of the molecule is O=C(Cc1cc(Cl)cc(Br)c1)N1CC2(CNCCO2)C1. The van der Waals surface area contributed by atoms with Crippen LogP contribution in [-0.4, -0.2) is 49.2 Å². The molecule has 1 aromatic carbocycles. The van der Waals surface area contributed by atoms with Crippen LogP contribution in [0.4, 0.5) is 0 Å². The number of amides is 1. The van der Waals surface area contributed by atoms with Crippen molar-refractivity contribution in [2.24, 2.45) is 0 Å². The van der Waals surface area contributed by atoms with E-state index in [-0.39, 0.29) is 11.5 Å². The van der Waals surface area contributed by atoms with Gasteiger partial charge in [0.2, 0.25) is 5.91 Å². The molecule has 108 valence electrons. The van der Waals surface area contributed by atoms with Crippen LogP contribution in [-0.2, 0) is 16.0 Å². The van der Waals surface area contributed by atoms with Gasteiger partial charge in [0.15, 0.2) is 0 Å². The third-order valence-electron chi connectivity index (χ3n) is 3.72. The summed E-state index contributed by atoms with van der Waals surface area (Å²) in [6.07, 6.45) is 0.378. The fourth-order valence-corrected chi connectivity index (χ4v) is 3.67. The van der Waals surface area contributed by atoms with Crippen molar-refractivity contribution >= 4 is 33.4 Å². The Morgan fingerprint density at radius 2 is 2.25 bits per heavy atom. The average Bonchev–Trinajstić information content (AvgIpc) is 2.35. The maximum absolute atomic E-state index is 12.2. The summed E-state index contributed by atoms with van der Waals surface area (Å²) in [6.45, 7) is 3.82. The third-order valence-corrected chi connectivity index (χ3v) is 4.40. The Balaban J connectivity index is 1.58. The number of likely N-dealkylation sites (tertiary alicyclic amines) is 1. The lowest BCUT2D eigenvalue weighted by Gasteiger charge is -2.51. The first-order valence-electron chi connectivity index (χ1n) is 6.64. The summed E-state index contributed by atoms with van der Waals surface area (Å²) in [5, 5.41) is 3.96. The van der Waals surface area contributed by atoms with Crippen LogP contribution in [0.2, 0.25) is 5.02 Å². The molecule has 3 rings (SSSR count). The van der Waals surface area contributed by atoms with Crippen molar-refractivity contribution in [3.8, 4) is 0 Å². The second-order valence-electron chi connectivity index (χ2n) is 5.41. The molecule has 1 spiro atoms. The topological polar surface area (TPSA) is 41.6 Å². The predicted octanol–water partition coefficient (Wildman–Crippen LogP) is 1.85. The number of rotatable bonds is 2. The summed E-state index contributed by atoms with van der Waals surface area (Å²) in [5.41, 5.74) is 0.779. The summed E-state index contributed by atoms with van der Waals surface area (Å²) in [6, 6.07) is 5.58. The van der Waals surface area contributed by atoms with Crippen LogP contribution >= 0.6 is 27.5 Å². The Kier molecular flexibility index (Phi) is 4.04. The van der Waals surface area contributed by atoms with Gasteiger partial charge in [-0.05, 0) is 23.8 Å². The van der Waals surface area contributed by atoms with Gasteiger partial charge in [0.25, 0.3) is 0 Å². The molecule has 0 aliphatic carbocycles. The van der Waals surface area contributed by atoms with E-state index in [2.05, 4.69) is 21.2 Å². The minimum Gasteiger partial charge on any atom is -0.369 e. The normalized spacial score (nSPS) is 20.8. The first kappa shape index (κ1) is 14.3. The molecule has 0 aromatic heterocycles. The van der Waals surface area contributed by atoms with Crippen molar-refractivity contribution in [2.75, 3.05) is 32.8 Å². The molecule has 6 heteroatoms. The van der Waals surface area contributed by atoms with Gasteiger partial charge in [0, 0.05) is 22.6 Å². The molecule has 2 aliphatic heterocycles. The van der Waals surface area contributed by atoms with Gasteiger partial charge in [-0.25, -0.2) is 0 Å². The van der Waals surface area contributed by atoms with Gasteiger partial charge in [-0.1, -0.05) is 27.5 Å². The minimum absolute atomic E-state index is 0.124.